The van der Waals surface area contributed by atoms with Crippen molar-refractivity contribution >= 4 is 46.3 Å². The van der Waals surface area contributed by atoms with E-state index in [2.05, 4.69) is 6.92 Å². The second-order valence-corrected chi connectivity index (χ2v) is 9.28. The highest BCUT2D eigenvalue weighted by Crippen LogP contribution is 2.35. The number of benzene rings is 2. The second kappa shape index (κ2) is 10.7. The molecule has 1 aromatic heterocycles. The van der Waals surface area contributed by atoms with Crippen LogP contribution in [-0.4, -0.2) is 49.1 Å². The van der Waals surface area contributed by atoms with Gasteiger partial charge in [-0.25, -0.2) is 4.68 Å². The maximum atomic E-state index is 12.8. The molecule has 1 aliphatic heterocycles. The zero-order valence-electron chi connectivity index (χ0n) is 18.5. The van der Waals surface area contributed by atoms with Gasteiger partial charge in [0.1, 0.15) is 16.6 Å². The molecule has 0 unspecified atom stereocenters. The van der Waals surface area contributed by atoms with E-state index in [4.69, 9.17) is 27.2 Å². The number of hydrogen-bond donors (Lipinski definition) is 1. The number of unbranched alkanes of at least 4 members (excludes halogenated alkanes) is 1. The molecule has 0 aliphatic carbocycles. The number of aliphatic carboxylic acids is 1. The Balaban J connectivity index is 1.70. The van der Waals surface area contributed by atoms with E-state index >= 15 is 0 Å². The lowest BCUT2D eigenvalue weighted by atomic mass is 10.1. The van der Waals surface area contributed by atoms with Crippen LogP contribution in [0.25, 0.3) is 23.0 Å². The monoisotopic (exact) mass is 493 g/mol. The van der Waals surface area contributed by atoms with Crippen LogP contribution in [0.4, 0.5) is 0 Å². The summed E-state index contributed by atoms with van der Waals surface area (Å²) < 4.78 is 7.75. The van der Waals surface area contributed by atoms with E-state index < -0.39 is 18.4 Å². The van der Waals surface area contributed by atoms with Crippen molar-refractivity contribution in [1.29, 1.82) is 0 Å². The van der Waals surface area contributed by atoms with E-state index in [0.717, 1.165) is 52.1 Å². The molecule has 1 aliphatic rings. The van der Waals surface area contributed by atoms with Crippen molar-refractivity contribution < 1.29 is 19.4 Å². The molecule has 0 radical (unpaired) electrons. The van der Waals surface area contributed by atoms with Crippen molar-refractivity contribution in [3.63, 3.8) is 0 Å². The Hall–Kier alpha value is -3.43. The summed E-state index contributed by atoms with van der Waals surface area (Å²) in [4.78, 5) is 25.4. The van der Waals surface area contributed by atoms with Crippen molar-refractivity contribution in [2.75, 3.05) is 13.2 Å². The Bertz CT molecular complexity index is 1240. The molecule has 0 spiro atoms. The van der Waals surface area contributed by atoms with Gasteiger partial charge in [0.2, 0.25) is 0 Å². The number of aromatic nitrogens is 2. The van der Waals surface area contributed by atoms with E-state index in [-0.39, 0.29) is 4.32 Å². The van der Waals surface area contributed by atoms with Gasteiger partial charge in [0.05, 0.1) is 22.9 Å². The third-order valence-electron chi connectivity index (χ3n) is 5.11. The largest absolute Gasteiger partial charge is 0.494 e. The van der Waals surface area contributed by atoms with E-state index in [1.807, 2.05) is 60.8 Å². The molecule has 2 heterocycles. The molecule has 7 nitrogen and oxygen atoms in total. The van der Waals surface area contributed by atoms with Gasteiger partial charge in [-0.2, -0.15) is 5.10 Å². The predicted molar refractivity (Wildman–Crippen MR) is 137 cm³/mol. The van der Waals surface area contributed by atoms with Crippen LogP contribution < -0.4 is 4.74 Å². The number of amides is 1. The molecule has 0 bridgehead atoms. The topological polar surface area (TPSA) is 84.7 Å². The number of hydrogen-bond acceptors (Lipinski definition) is 6. The van der Waals surface area contributed by atoms with Gasteiger partial charge in [0, 0.05) is 17.3 Å². The van der Waals surface area contributed by atoms with Crippen molar-refractivity contribution in [2.45, 2.75) is 19.8 Å². The van der Waals surface area contributed by atoms with Crippen molar-refractivity contribution in [2.24, 2.45) is 0 Å². The quantitative estimate of drug-likeness (QED) is 0.255. The smallest absolute Gasteiger partial charge is 0.323 e. The lowest BCUT2D eigenvalue weighted by Crippen LogP contribution is -2.33. The van der Waals surface area contributed by atoms with E-state index in [1.54, 1.807) is 10.8 Å². The molecule has 174 valence electrons. The first-order valence-corrected chi connectivity index (χ1v) is 12.0. The lowest BCUT2D eigenvalue weighted by molar-refractivity contribution is -0.140. The first kappa shape index (κ1) is 23.7. The highest BCUT2D eigenvalue weighted by Gasteiger charge is 2.33. The maximum absolute atomic E-state index is 12.8. The predicted octanol–water partition coefficient (Wildman–Crippen LogP) is 5.00. The Kier molecular flexibility index (Phi) is 7.44. The summed E-state index contributed by atoms with van der Waals surface area (Å²) in [7, 11) is 0. The number of rotatable bonds is 9. The Morgan fingerprint density at radius 3 is 2.59 bits per heavy atom. The number of carboxylic acids is 1. The minimum absolute atomic E-state index is 0.226. The summed E-state index contributed by atoms with van der Waals surface area (Å²) in [5.41, 5.74) is 3.15. The Labute approximate surface area is 207 Å². The number of carbonyl (C=O) groups is 2. The number of para-hydroxylation sites is 1. The molecule has 1 N–H and O–H groups in total. The van der Waals surface area contributed by atoms with E-state index in [9.17, 15) is 9.59 Å². The number of ether oxygens (including phenoxy) is 1. The van der Waals surface area contributed by atoms with Gasteiger partial charge in [-0.05, 0) is 48.9 Å². The fraction of sp³-hybridized carbons (Fsp3) is 0.200. The van der Waals surface area contributed by atoms with Crippen LogP contribution >= 0.6 is 24.0 Å². The number of thioether (sulfide) groups is 1. The van der Waals surface area contributed by atoms with Crippen molar-refractivity contribution in [3.8, 4) is 22.7 Å². The Morgan fingerprint density at radius 2 is 1.91 bits per heavy atom. The summed E-state index contributed by atoms with van der Waals surface area (Å²) in [6.07, 6.45) is 5.62. The van der Waals surface area contributed by atoms with Crippen molar-refractivity contribution in [3.05, 3.63) is 71.3 Å². The molecule has 9 heteroatoms. The molecule has 4 rings (SSSR count). The molecule has 0 saturated carbocycles. The highest BCUT2D eigenvalue weighted by molar-refractivity contribution is 8.26. The molecule has 34 heavy (non-hydrogen) atoms. The molecule has 1 saturated heterocycles. The van der Waals surface area contributed by atoms with Crippen LogP contribution in [0.5, 0.6) is 5.75 Å². The summed E-state index contributed by atoms with van der Waals surface area (Å²) in [5, 5.41) is 13.9. The van der Waals surface area contributed by atoms with Gasteiger partial charge < -0.3 is 9.84 Å². The van der Waals surface area contributed by atoms with Crippen LogP contribution in [0.3, 0.4) is 0 Å². The minimum Gasteiger partial charge on any atom is -0.494 e. The van der Waals surface area contributed by atoms with Crippen LogP contribution in [0.1, 0.15) is 25.3 Å². The molecular formula is C25H23N3O4S2. The third-order valence-corrected chi connectivity index (χ3v) is 6.49. The first-order chi connectivity index (χ1) is 16.5. The fourth-order valence-electron chi connectivity index (χ4n) is 3.39. The molecule has 3 aromatic rings. The van der Waals surface area contributed by atoms with Gasteiger partial charge >= 0.3 is 5.97 Å². The fourth-order valence-corrected chi connectivity index (χ4v) is 4.63. The maximum Gasteiger partial charge on any atom is 0.323 e. The van der Waals surface area contributed by atoms with Gasteiger partial charge in [-0.3, -0.25) is 14.5 Å². The zero-order valence-corrected chi connectivity index (χ0v) is 20.1. The average Bonchev–Trinajstić information content (AvgIpc) is 3.37. The van der Waals surface area contributed by atoms with E-state index in [1.165, 1.54) is 0 Å². The van der Waals surface area contributed by atoms with Crippen LogP contribution in [0.15, 0.2) is 65.7 Å². The zero-order chi connectivity index (χ0) is 24.1. The minimum atomic E-state index is -1.11. The average molecular weight is 494 g/mol. The van der Waals surface area contributed by atoms with Gasteiger partial charge in [0.15, 0.2) is 0 Å². The van der Waals surface area contributed by atoms with Crippen LogP contribution in [0, 0.1) is 0 Å². The van der Waals surface area contributed by atoms with Crippen LogP contribution in [-0.2, 0) is 9.59 Å². The molecule has 1 fully saturated rings. The number of carbonyl (C=O) groups excluding carboxylic acids is 1. The SMILES string of the molecule is CCCCOc1ccc(-c2nn(-c3ccccc3)cc2C=C2SC(=S)N(CC(=O)O)C2=O)cc1. The molecule has 1 amide bonds. The first-order valence-electron chi connectivity index (χ1n) is 10.8. The summed E-state index contributed by atoms with van der Waals surface area (Å²) in [6, 6.07) is 17.4. The Morgan fingerprint density at radius 1 is 1.18 bits per heavy atom. The highest BCUT2D eigenvalue weighted by atomic mass is 32.2. The molecule has 2 aromatic carbocycles. The number of nitrogens with zero attached hydrogens (tertiary/aromatic N) is 3. The molecular weight excluding hydrogens is 470 g/mol. The normalized spacial score (nSPS) is 14.7. The third kappa shape index (κ3) is 5.37. The standard InChI is InChI=1S/C25H23N3O4S2/c1-2-3-13-32-20-11-9-17(10-12-20)23-18(15-28(26-23)19-7-5-4-6-8-19)14-21-24(31)27(16-22(29)30)25(33)34-21/h4-12,14-15H,2-3,13,16H2,1H3,(H,29,30). The lowest BCUT2D eigenvalue weighted by Gasteiger charge is -2.10. The summed E-state index contributed by atoms with van der Waals surface area (Å²) >= 11 is 6.31. The van der Waals surface area contributed by atoms with Gasteiger partial charge in [0.25, 0.3) is 5.91 Å². The van der Waals surface area contributed by atoms with Gasteiger partial charge in [-0.15, -0.1) is 0 Å². The second-order valence-electron chi connectivity index (χ2n) is 7.60. The summed E-state index contributed by atoms with van der Waals surface area (Å²) in [6.45, 7) is 2.33. The summed E-state index contributed by atoms with van der Waals surface area (Å²) in [5.74, 6) is -0.748. The molecule has 0 atom stereocenters. The van der Waals surface area contributed by atoms with E-state index in [0.29, 0.717) is 17.2 Å². The van der Waals surface area contributed by atoms with Gasteiger partial charge in [-0.1, -0.05) is 55.5 Å². The number of carboxylic acid groups (broad SMARTS) is 1. The van der Waals surface area contributed by atoms with Crippen molar-refractivity contribution in [1.82, 2.24) is 14.7 Å². The van der Waals surface area contributed by atoms with Crippen LogP contribution in [0.2, 0.25) is 0 Å². The number of thiocarbonyl (C=S) groups is 1.